The van der Waals surface area contributed by atoms with E-state index in [9.17, 15) is 14.4 Å². The maximum Gasteiger partial charge on any atom is 0.328 e. The number of halogens is 1. The van der Waals surface area contributed by atoms with E-state index >= 15 is 0 Å². The van der Waals surface area contributed by atoms with Crippen molar-refractivity contribution < 1.29 is 28.6 Å². The molecule has 1 fully saturated rings. The first kappa shape index (κ1) is 30.8. The van der Waals surface area contributed by atoms with Crippen molar-refractivity contribution >= 4 is 33.7 Å². The Morgan fingerprint density at radius 3 is 2.41 bits per heavy atom. The van der Waals surface area contributed by atoms with Crippen LogP contribution >= 0.6 is 15.9 Å². The summed E-state index contributed by atoms with van der Waals surface area (Å²) in [6.45, 7) is 1.41. The lowest BCUT2D eigenvalue weighted by molar-refractivity contribution is -0.142. The summed E-state index contributed by atoms with van der Waals surface area (Å²) in [5.74, 6) is 0.911. The maximum absolute atomic E-state index is 13.4. The molecule has 1 saturated heterocycles. The maximum atomic E-state index is 13.4. The van der Waals surface area contributed by atoms with Crippen LogP contribution in [0.4, 0.5) is 0 Å². The Labute approximate surface area is 265 Å². The Morgan fingerprint density at radius 1 is 0.932 bits per heavy atom. The van der Waals surface area contributed by atoms with Gasteiger partial charge < -0.3 is 24.4 Å². The van der Waals surface area contributed by atoms with E-state index in [-0.39, 0.29) is 24.5 Å². The molecule has 0 aliphatic carbocycles. The molecule has 4 aromatic rings. The van der Waals surface area contributed by atoms with Crippen molar-refractivity contribution in [2.45, 2.75) is 25.3 Å². The van der Waals surface area contributed by atoms with Crippen LogP contribution < -0.4 is 14.8 Å². The lowest BCUT2D eigenvalue weighted by Crippen LogP contribution is -2.43. The van der Waals surface area contributed by atoms with E-state index in [1.807, 2.05) is 78.9 Å². The summed E-state index contributed by atoms with van der Waals surface area (Å²) in [6.07, 6.45) is 1.63. The largest absolute Gasteiger partial charge is 0.491 e. The lowest BCUT2D eigenvalue weighted by Gasteiger charge is -2.19. The number of hydrogen-bond donors (Lipinski definition) is 1. The van der Waals surface area contributed by atoms with Crippen LogP contribution in [0.15, 0.2) is 102 Å². The molecule has 1 N–H and O–H groups in total. The van der Waals surface area contributed by atoms with Gasteiger partial charge in [0.25, 0.3) is 5.91 Å². The van der Waals surface area contributed by atoms with Crippen molar-refractivity contribution in [3.8, 4) is 28.4 Å². The van der Waals surface area contributed by atoms with Gasteiger partial charge in [-0.25, -0.2) is 4.79 Å². The predicted octanol–water partition coefficient (Wildman–Crippen LogP) is 6.42. The summed E-state index contributed by atoms with van der Waals surface area (Å²) < 4.78 is 17.7. The zero-order valence-electron chi connectivity index (χ0n) is 24.3. The number of ether oxygens (including phenoxy) is 3. The Morgan fingerprint density at radius 2 is 1.68 bits per heavy atom. The molecule has 1 unspecified atom stereocenters. The molecular weight excluding hydrogens is 624 g/mol. The molecule has 9 heteroatoms. The minimum Gasteiger partial charge on any atom is -0.491 e. The van der Waals surface area contributed by atoms with Gasteiger partial charge in [-0.1, -0.05) is 76.6 Å². The second-order valence-corrected chi connectivity index (χ2v) is 11.3. The SMILES string of the molecule is COC(=O)C(Cc1ccc(-c2ccccc2Oc2ccccc2)cc1)NC(=O)c1cc(Br)ccc1OCCN1CCCC1=O. The highest BCUT2D eigenvalue weighted by molar-refractivity contribution is 9.10. The Kier molecular flexibility index (Phi) is 10.3. The second-order valence-electron chi connectivity index (χ2n) is 10.3. The van der Waals surface area contributed by atoms with Gasteiger partial charge in [0.15, 0.2) is 0 Å². The monoisotopic (exact) mass is 656 g/mol. The molecule has 4 aromatic carbocycles. The third-order valence-electron chi connectivity index (χ3n) is 7.33. The van der Waals surface area contributed by atoms with Crippen LogP contribution in [0, 0.1) is 0 Å². The van der Waals surface area contributed by atoms with E-state index < -0.39 is 17.9 Å². The van der Waals surface area contributed by atoms with Crippen LogP contribution in [0.1, 0.15) is 28.8 Å². The minimum atomic E-state index is -0.930. The Bertz CT molecular complexity index is 1610. The number of likely N-dealkylation sites (tertiary alicyclic amines) is 1. The van der Waals surface area contributed by atoms with Gasteiger partial charge in [0.1, 0.15) is 29.9 Å². The number of amides is 2. The highest BCUT2D eigenvalue weighted by atomic mass is 79.9. The Hall–Kier alpha value is -4.63. The first-order chi connectivity index (χ1) is 21.4. The predicted molar refractivity (Wildman–Crippen MR) is 171 cm³/mol. The minimum absolute atomic E-state index is 0.112. The van der Waals surface area contributed by atoms with E-state index in [0.29, 0.717) is 29.7 Å². The van der Waals surface area contributed by atoms with E-state index in [1.54, 1.807) is 23.1 Å². The molecule has 0 aromatic heterocycles. The molecular formula is C35H33BrN2O6. The fourth-order valence-electron chi connectivity index (χ4n) is 5.05. The third-order valence-corrected chi connectivity index (χ3v) is 7.82. The van der Waals surface area contributed by atoms with Crippen molar-refractivity contribution in [1.82, 2.24) is 10.2 Å². The number of carbonyl (C=O) groups excluding carboxylic acids is 3. The van der Waals surface area contributed by atoms with Crippen LogP contribution in [0.5, 0.6) is 17.2 Å². The van der Waals surface area contributed by atoms with Crippen molar-refractivity contribution in [3.63, 3.8) is 0 Å². The van der Waals surface area contributed by atoms with E-state index in [0.717, 1.165) is 34.6 Å². The number of nitrogens with one attached hydrogen (secondary N) is 1. The first-order valence-electron chi connectivity index (χ1n) is 14.4. The molecule has 1 aliphatic rings. The Balaban J connectivity index is 1.28. The van der Waals surface area contributed by atoms with E-state index in [1.165, 1.54) is 7.11 Å². The average Bonchev–Trinajstić information content (AvgIpc) is 3.46. The smallest absolute Gasteiger partial charge is 0.328 e. The van der Waals surface area contributed by atoms with Gasteiger partial charge in [-0.3, -0.25) is 9.59 Å². The number of methoxy groups -OCH3 is 1. The summed E-state index contributed by atoms with van der Waals surface area (Å²) in [5.41, 5.74) is 2.99. The molecule has 2 amide bonds. The number of benzene rings is 4. The molecule has 0 radical (unpaired) electrons. The zero-order valence-corrected chi connectivity index (χ0v) is 25.9. The average molecular weight is 658 g/mol. The van der Waals surface area contributed by atoms with Gasteiger partial charge in [-0.2, -0.15) is 0 Å². The van der Waals surface area contributed by atoms with Gasteiger partial charge >= 0.3 is 5.97 Å². The molecule has 8 nitrogen and oxygen atoms in total. The highest BCUT2D eigenvalue weighted by Gasteiger charge is 2.25. The standard InChI is InChI=1S/C35H33BrN2O6/c1-42-35(41)30(37-34(40)29-23-26(36)17-18-31(29)43-21-20-38-19-7-12-33(38)39)22-24-13-15-25(16-14-24)28-10-5-6-11-32(28)44-27-8-3-2-4-9-27/h2-6,8-11,13-18,23,30H,7,12,19-22H2,1H3,(H,37,40). The summed E-state index contributed by atoms with van der Waals surface area (Å²) in [5, 5.41) is 2.82. The van der Waals surface area contributed by atoms with Gasteiger partial charge in [-0.05, 0) is 53.9 Å². The fraction of sp³-hybridized carbons (Fsp3) is 0.229. The summed E-state index contributed by atoms with van der Waals surface area (Å²) in [6, 6.07) is 29.3. The van der Waals surface area contributed by atoms with Crippen molar-refractivity contribution in [3.05, 3.63) is 113 Å². The number of nitrogens with zero attached hydrogens (tertiary/aromatic N) is 1. The second kappa shape index (κ2) is 14.7. The molecule has 5 rings (SSSR count). The van der Waals surface area contributed by atoms with Gasteiger partial charge in [-0.15, -0.1) is 0 Å². The summed E-state index contributed by atoms with van der Waals surface area (Å²) in [4.78, 5) is 39.9. The molecule has 226 valence electrons. The van der Waals surface area contributed by atoms with E-state index in [2.05, 4.69) is 21.2 Å². The van der Waals surface area contributed by atoms with Crippen LogP contribution in [-0.4, -0.2) is 55.5 Å². The third kappa shape index (κ3) is 7.85. The molecule has 0 spiro atoms. The molecule has 1 atom stereocenters. The number of carbonyl (C=O) groups is 3. The molecule has 44 heavy (non-hydrogen) atoms. The summed E-state index contributed by atoms with van der Waals surface area (Å²) in [7, 11) is 1.29. The molecule has 1 aliphatic heterocycles. The highest BCUT2D eigenvalue weighted by Crippen LogP contribution is 2.33. The zero-order chi connectivity index (χ0) is 30.9. The number of para-hydroxylation sites is 2. The van der Waals surface area contributed by atoms with Gasteiger partial charge in [0.05, 0.1) is 19.2 Å². The van der Waals surface area contributed by atoms with Crippen molar-refractivity contribution in [2.75, 3.05) is 26.8 Å². The van der Waals surface area contributed by atoms with E-state index in [4.69, 9.17) is 14.2 Å². The lowest BCUT2D eigenvalue weighted by atomic mass is 9.99. The van der Waals surface area contributed by atoms with Gasteiger partial charge in [0, 0.05) is 29.4 Å². The quantitative estimate of drug-likeness (QED) is 0.177. The van der Waals surface area contributed by atoms with Crippen LogP contribution in [0.3, 0.4) is 0 Å². The number of hydrogen-bond acceptors (Lipinski definition) is 6. The van der Waals surface area contributed by atoms with Gasteiger partial charge in [0.2, 0.25) is 5.91 Å². The number of rotatable bonds is 12. The normalized spacial score (nSPS) is 13.3. The van der Waals surface area contributed by atoms with Crippen molar-refractivity contribution in [2.24, 2.45) is 0 Å². The van der Waals surface area contributed by atoms with Crippen LogP contribution in [0.2, 0.25) is 0 Å². The first-order valence-corrected chi connectivity index (χ1v) is 15.2. The van der Waals surface area contributed by atoms with Crippen LogP contribution in [-0.2, 0) is 20.7 Å². The summed E-state index contributed by atoms with van der Waals surface area (Å²) >= 11 is 3.42. The fourth-order valence-corrected chi connectivity index (χ4v) is 5.41. The molecule has 1 heterocycles. The van der Waals surface area contributed by atoms with Crippen molar-refractivity contribution in [1.29, 1.82) is 0 Å². The molecule has 0 bridgehead atoms. The topological polar surface area (TPSA) is 94.2 Å². The molecule has 0 saturated carbocycles. The van der Waals surface area contributed by atoms with Crippen LogP contribution in [0.25, 0.3) is 11.1 Å². The number of esters is 1.